The average Bonchev–Trinajstić information content (AvgIpc) is 2.15. The van der Waals surface area contributed by atoms with Gasteiger partial charge in [0.05, 0.1) is 6.61 Å². The Morgan fingerprint density at radius 1 is 1.42 bits per heavy atom. The van der Waals surface area contributed by atoms with Crippen LogP contribution in [-0.4, -0.2) is 49.3 Å². The molecule has 1 atom stereocenters. The van der Waals surface area contributed by atoms with Crippen molar-refractivity contribution >= 4 is 11.8 Å². The summed E-state index contributed by atoms with van der Waals surface area (Å²) in [6.45, 7) is 5.62. The van der Waals surface area contributed by atoms with Crippen molar-refractivity contribution in [2.45, 2.75) is 19.4 Å². The lowest BCUT2D eigenvalue weighted by Gasteiger charge is -2.33. The van der Waals surface area contributed by atoms with Crippen molar-refractivity contribution in [3.8, 4) is 0 Å². The van der Waals surface area contributed by atoms with Crippen molar-refractivity contribution in [1.82, 2.24) is 4.90 Å². The molecule has 1 aliphatic heterocycles. The Hall–Kier alpha value is 0.270. The summed E-state index contributed by atoms with van der Waals surface area (Å²) in [6.07, 6.45) is 1.21. The highest BCUT2D eigenvalue weighted by Gasteiger charge is 2.18. The number of ether oxygens (including phenoxy) is 1. The predicted octanol–water partition coefficient (Wildman–Crippen LogP) is 1.46. The smallest absolute Gasteiger partial charge is 0.0617 e. The number of rotatable bonds is 4. The van der Waals surface area contributed by atoms with E-state index in [9.17, 15) is 0 Å². The van der Waals surface area contributed by atoms with Gasteiger partial charge in [0.2, 0.25) is 0 Å². The van der Waals surface area contributed by atoms with Crippen LogP contribution in [-0.2, 0) is 4.74 Å². The van der Waals surface area contributed by atoms with E-state index in [2.05, 4.69) is 23.6 Å². The molecule has 1 saturated heterocycles. The second-order valence-corrected chi connectivity index (χ2v) is 4.39. The first kappa shape index (κ1) is 10.4. The van der Waals surface area contributed by atoms with Crippen molar-refractivity contribution in [2.24, 2.45) is 0 Å². The lowest BCUT2D eigenvalue weighted by atomic mass is 10.2. The van der Waals surface area contributed by atoms with Crippen LogP contribution in [0.15, 0.2) is 0 Å². The van der Waals surface area contributed by atoms with Crippen molar-refractivity contribution in [2.75, 3.05) is 38.3 Å². The van der Waals surface area contributed by atoms with E-state index in [0.717, 1.165) is 6.61 Å². The maximum atomic E-state index is 5.20. The molecule has 1 aliphatic rings. The number of thioether (sulfide) groups is 1. The molecule has 3 heteroatoms. The normalized spacial score (nSPS) is 22.5. The van der Waals surface area contributed by atoms with E-state index in [1.165, 1.54) is 31.0 Å². The van der Waals surface area contributed by atoms with Crippen LogP contribution in [0.5, 0.6) is 0 Å². The van der Waals surface area contributed by atoms with Gasteiger partial charge in [0.1, 0.15) is 0 Å². The predicted molar refractivity (Wildman–Crippen MR) is 54.9 cm³/mol. The average molecular weight is 189 g/mol. The minimum atomic E-state index is 0.649. The van der Waals surface area contributed by atoms with E-state index in [0.29, 0.717) is 6.04 Å². The third-order valence-corrected chi connectivity index (χ3v) is 3.33. The molecule has 0 unspecified atom stereocenters. The van der Waals surface area contributed by atoms with Gasteiger partial charge in [-0.25, -0.2) is 0 Å². The monoisotopic (exact) mass is 189 g/mol. The second-order valence-electron chi connectivity index (χ2n) is 3.17. The molecule has 0 bridgehead atoms. The van der Waals surface area contributed by atoms with E-state index in [-0.39, 0.29) is 0 Å². The fraction of sp³-hybridized carbons (Fsp3) is 1.00. The van der Waals surface area contributed by atoms with Crippen LogP contribution in [0.1, 0.15) is 13.3 Å². The largest absolute Gasteiger partial charge is 0.383 e. The fourth-order valence-electron chi connectivity index (χ4n) is 1.62. The fourth-order valence-corrected chi connectivity index (χ4v) is 2.55. The van der Waals surface area contributed by atoms with Gasteiger partial charge in [0.25, 0.3) is 0 Å². The van der Waals surface area contributed by atoms with Gasteiger partial charge >= 0.3 is 0 Å². The molecule has 0 aromatic rings. The molecule has 1 rings (SSSR count). The Bertz CT molecular complexity index is 112. The van der Waals surface area contributed by atoms with Crippen molar-refractivity contribution in [3.05, 3.63) is 0 Å². The third kappa shape index (κ3) is 2.96. The molecule has 0 aliphatic carbocycles. The molecule has 0 N–H and O–H groups in total. The van der Waals surface area contributed by atoms with Crippen LogP contribution in [0, 0.1) is 0 Å². The minimum Gasteiger partial charge on any atom is -0.383 e. The summed E-state index contributed by atoms with van der Waals surface area (Å²) in [5.74, 6) is 2.58. The standard InChI is InChI=1S/C9H19NOS/c1-3-9(8-11-2)10-4-6-12-7-5-10/h9H,3-8H2,1-2H3/t9-/m1/s1. The van der Waals surface area contributed by atoms with Gasteiger partial charge < -0.3 is 4.74 Å². The molecule has 2 nitrogen and oxygen atoms in total. The van der Waals surface area contributed by atoms with Crippen molar-refractivity contribution in [3.63, 3.8) is 0 Å². The SMILES string of the molecule is CC[C@H](COC)N1CCSCC1. The first-order valence-electron chi connectivity index (χ1n) is 4.69. The Labute approximate surface area is 79.6 Å². The number of methoxy groups -OCH3 is 1. The molecule has 1 fully saturated rings. The zero-order valence-electron chi connectivity index (χ0n) is 8.08. The summed E-state index contributed by atoms with van der Waals surface area (Å²) in [5, 5.41) is 0. The van der Waals surface area contributed by atoms with Crippen molar-refractivity contribution in [1.29, 1.82) is 0 Å². The summed E-state index contributed by atoms with van der Waals surface area (Å²) in [7, 11) is 1.79. The molecule has 0 amide bonds. The van der Waals surface area contributed by atoms with Crippen LogP contribution in [0.2, 0.25) is 0 Å². The van der Waals surface area contributed by atoms with Gasteiger partial charge in [-0.05, 0) is 6.42 Å². The minimum absolute atomic E-state index is 0.649. The maximum absolute atomic E-state index is 5.20. The summed E-state index contributed by atoms with van der Waals surface area (Å²) in [4.78, 5) is 2.56. The highest BCUT2D eigenvalue weighted by atomic mass is 32.2. The molecule has 0 aromatic carbocycles. The summed E-state index contributed by atoms with van der Waals surface area (Å²) < 4.78 is 5.20. The highest BCUT2D eigenvalue weighted by Crippen LogP contribution is 2.13. The Morgan fingerprint density at radius 3 is 2.58 bits per heavy atom. The lowest BCUT2D eigenvalue weighted by Crippen LogP contribution is -2.43. The van der Waals surface area contributed by atoms with E-state index in [1.54, 1.807) is 7.11 Å². The molecule has 12 heavy (non-hydrogen) atoms. The molecule has 0 radical (unpaired) electrons. The van der Waals surface area contributed by atoms with Crippen LogP contribution < -0.4 is 0 Å². The van der Waals surface area contributed by atoms with E-state index >= 15 is 0 Å². The molecular weight excluding hydrogens is 170 g/mol. The number of hydrogen-bond donors (Lipinski definition) is 0. The second kappa shape index (κ2) is 5.84. The van der Waals surface area contributed by atoms with Gasteiger partial charge in [-0.3, -0.25) is 4.90 Å². The number of hydrogen-bond acceptors (Lipinski definition) is 3. The van der Waals surface area contributed by atoms with Crippen molar-refractivity contribution < 1.29 is 4.74 Å². The highest BCUT2D eigenvalue weighted by molar-refractivity contribution is 7.99. The number of nitrogens with zero attached hydrogens (tertiary/aromatic N) is 1. The molecule has 0 saturated carbocycles. The van der Waals surface area contributed by atoms with Gasteiger partial charge in [-0.15, -0.1) is 0 Å². The van der Waals surface area contributed by atoms with Gasteiger partial charge in [0, 0.05) is 37.7 Å². The molecular formula is C9H19NOS. The molecule has 0 aromatic heterocycles. The lowest BCUT2D eigenvalue weighted by molar-refractivity contribution is 0.0941. The van der Waals surface area contributed by atoms with Crippen LogP contribution in [0.4, 0.5) is 0 Å². The first-order valence-corrected chi connectivity index (χ1v) is 5.84. The topological polar surface area (TPSA) is 12.5 Å². The first-order chi connectivity index (χ1) is 5.88. The quantitative estimate of drug-likeness (QED) is 0.664. The Morgan fingerprint density at radius 2 is 2.08 bits per heavy atom. The Balaban J connectivity index is 2.29. The van der Waals surface area contributed by atoms with Crippen LogP contribution in [0.25, 0.3) is 0 Å². The molecule has 1 heterocycles. The summed E-state index contributed by atoms with van der Waals surface area (Å²) in [5.41, 5.74) is 0. The Kier molecular flexibility index (Phi) is 5.04. The van der Waals surface area contributed by atoms with Gasteiger partial charge in [-0.1, -0.05) is 6.92 Å². The summed E-state index contributed by atoms with van der Waals surface area (Å²) in [6, 6.07) is 0.649. The zero-order valence-corrected chi connectivity index (χ0v) is 8.90. The molecule has 0 spiro atoms. The van der Waals surface area contributed by atoms with Gasteiger partial charge in [0.15, 0.2) is 0 Å². The van der Waals surface area contributed by atoms with E-state index < -0.39 is 0 Å². The van der Waals surface area contributed by atoms with E-state index in [1.807, 2.05) is 0 Å². The van der Waals surface area contributed by atoms with Gasteiger partial charge in [-0.2, -0.15) is 11.8 Å². The maximum Gasteiger partial charge on any atom is 0.0617 e. The summed E-state index contributed by atoms with van der Waals surface area (Å²) >= 11 is 2.06. The van der Waals surface area contributed by atoms with Crippen LogP contribution in [0.3, 0.4) is 0 Å². The molecule has 72 valence electrons. The third-order valence-electron chi connectivity index (χ3n) is 2.39. The zero-order chi connectivity index (χ0) is 8.81. The van der Waals surface area contributed by atoms with Crippen LogP contribution >= 0.6 is 11.8 Å². The van der Waals surface area contributed by atoms with E-state index in [4.69, 9.17) is 4.74 Å².